The molecular weight excluding hydrogens is 374 g/mol. The zero-order valence-corrected chi connectivity index (χ0v) is 16.1. The van der Waals surface area contributed by atoms with Crippen LogP contribution < -0.4 is 16.2 Å². The second-order valence-electron chi connectivity index (χ2n) is 4.72. The summed E-state index contributed by atoms with van der Waals surface area (Å²) >= 11 is 12.7. The largest absolute Gasteiger partial charge is 0.338 e. The Morgan fingerprint density at radius 1 is 0.957 bits per heavy atom. The number of urea groups is 1. The lowest BCUT2D eigenvalue weighted by Crippen LogP contribution is -2.43. The first-order chi connectivity index (χ1) is 10.7. The lowest BCUT2D eigenvalue weighted by Gasteiger charge is -2.08. The Morgan fingerprint density at radius 2 is 1.52 bits per heavy atom. The number of nitrogens with one attached hydrogen (secondary N) is 3. The number of hydrogen-bond donors (Lipinski definition) is 3. The van der Waals surface area contributed by atoms with E-state index in [0.29, 0.717) is 17.8 Å². The molecule has 0 bridgehead atoms. The third kappa shape index (κ3) is 3.68. The fraction of sp³-hybridized carbons (Fsp3) is 0.333. The van der Waals surface area contributed by atoms with Crippen LogP contribution in [0.2, 0.25) is 0 Å². The van der Waals surface area contributed by atoms with Crippen molar-refractivity contribution in [2.24, 2.45) is 14.1 Å². The third-order valence-electron chi connectivity index (χ3n) is 3.31. The summed E-state index contributed by atoms with van der Waals surface area (Å²) < 4.78 is 4.79. The van der Waals surface area contributed by atoms with Crippen LogP contribution in [0.25, 0.3) is 0 Å². The topological polar surface area (TPSA) is 80.1 Å². The molecule has 124 valence electrons. The number of hydrazine groups is 1. The van der Waals surface area contributed by atoms with E-state index in [2.05, 4.69) is 16.2 Å². The third-order valence-corrected chi connectivity index (χ3v) is 6.54. The lowest BCUT2D eigenvalue weighted by molar-refractivity contribution is 0.0941. The Kier molecular flexibility index (Phi) is 5.34. The molecule has 0 spiro atoms. The molecule has 2 aromatic rings. The zero-order chi connectivity index (χ0) is 17.3. The number of carbonyl (C=O) groups is 2. The molecule has 2 aromatic heterocycles. The molecule has 0 fully saturated rings. The summed E-state index contributed by atoms with van der Waals surface area (Å²) in [4.78, 5) is 24.4. The van der Waals surface area contributed by atoms with Crippen LogP contribution in [0.4, 0.5) is 9.80 Å². The summed E-state index contributed by atoms with van der Waals surface area (Å²) in [6.45, 7) is 3.64. The average Bonchev–Trinajstić information content (AvgIpc) is 2.90. The van der Waals surface area contributed by atoms with Crippen molar-refractivity contribution in [3.05, 3.63) is 24.2 Å². The van der Waals surface area contributed by atoms with Crippen molar-refractivity contribution in [3.63, 3.8) is 0 Å². The molecule has 23 heavy (non-hydrogen) atoms. The molecule has 11 heteroatoms. The summed E-state index contributed by atoms with van der Waals surface area (Å²) in [5, 5.41) is 3.29. The SMILES string of the molecule is Cc1c(NC(=O)NNC(=O)c2sc(=S)n(C)c2C)sc(=S)n1C. The molecule has 0 aliphatic heterocycles. The van der Waals surface area contributed by atoms with E-state index >= 15 is 0 Å². The molecule has 3 amide bonds. The number of hydrogen-bond acceptors (Lipinski definition) is 6. The van der Waals surface area contributed by atoms with Crippen LogP contribution in [-0.4, -0.2) is 21.1 Å². The van der Waals surface area contributed by atoms with E-state index in [9.17, 15) is 9.59 Å². The molecule has 2 heterocycles. The Labute approximate surface area is 150 Å². The molecule has 0 atom stereocenters. The van der Waals surface area contributed by atoms with Crippen LogP contribution in [0.1, 0.15) is 21.1 Å². The molecule has 0 unspecified atom stereocenters. The average molecular weight is 390 g/mol. The van der Waals surface area contributed by atoms with Crippen LogP contribution in [0.5, 0.6) is 0 Å². The van der Waals surface area contributed by atoms with Crippen molar-refractivity contribution >= 4 is 64.0 Å². The van der Waals surface area contributed by atoms with E-state index in [1.807, 2.05) is 14.0 Å². The predicted molar refractivity (Wildman–Crippen MR) is 97.3 cm³/mol. The number of anilines is 1. The first kappa shape index (κ1) is 17.8. The number of amides is 3. The van der Waals surface area contributed by atoms with E-state index in [0.717, 1.165) is 11.4 Å². The van der Waals surface area contributed by atoms with Crippen molar-refractivity contribution in [2.45, 2.75) is 13.8 Å². The Bertz CT molecular complexity index is 888. The van der Waals surface area contributed by atoms with Crippen LogP contribution in [0, 0.1) is 21.8 Å². The predicted octanol–water partition coefficient (Wildman–Crippen LogP) is 3.03. The second kappa shape index (κ2) is 6.91. The van der Waals surface area contributed by atoms with E-state index in [-0.39, 0.29) is 0 Å². The van der Waals surface area contributed by atoms with Crippen molar-refractivity contribution in [1.82, 2.24) is 20.0 Å². The van der Waals surface area contributed by atoms with Gasteiger partial charge in [0.05, 0.1) is 5.69 Å². The van der Waals surface area contributed by atoms with E-state index < -0.39 is 11.9 Å². The van der Waals surface area contributed by atoms with Gasteiger partial charge in [-0.2, -0.15) is 0 Å². The molecular formula is C12H15N5O2S4. The van der Waals surface area contributed by atoms with Gasteiger partial charge in [0.25, 0.3) is 5.91 Å². The van der Waals surface area contributed by atoms with Gasteiger partial charge in [0.2, 0.25) is 0 Å². The summed E-state index contributed by atoms with van der Waals surface area (Å²) in [7, 11) is 3.61. The summed E-state index contributed by atoms with van der Waals surface area (Å²) in [6, 6.07) is -0.546. The smallest absolute Gasteiger partial charge is 0.330 e. The van der Waals surface area contributed by atoms with Gasteiger partial charge in [0.1, 0.15) is 9.88 Å². The molecule has 3 N–H and O–H groups in total. The molecule has 0 radical (unpaired) electrons. The number of aromatic nitrogens is 2. The van der Waals surface area contributed by atoms with Gasteiger partial charge in [0.15, 0.2) is 7.91 Å². The Morgan fingerprint density at radius 3 is 2.00 bits per heavy atom. The summed E-state index contributed by atoms with van der Waals surface area (Å²) in [6.07, 6.45) is 0. The van der Waals surface area contributed by atoms with Gasteiger partial charge in [0, 0.05) is 19.8 Å². The van der Waals surface area contributed by atoms with E-state index in [1.165, 1.54) is 22.7 Å². The standard InChI is InChI=1S/C12H15N5O2S4/c1-5-7(22-11(20)16(5)3)8(18)14-15-10(19)13-9-6(2)17(4)12(21)23-9/h1-4H3,(H,14,18)(H2,13,15,19). The fourth-order valence-corrected chi connectivity index (χ4v) is 4.20. The number of nitrogens with zero attached hydrogens (tertiary/aromatic N) is 2. The maximum Gasteiger partial charge on any atom is 0.338 e. The first-order valence-corrected chi connectivity index (χ1v) is 8.87. The van der Waals surface area contributed by atoms with Gasteiger partial charge in [-0.05, 0) is 38.3 Å². The van der Waals surface area contributed by atoms with Crippen molar-refractivity contribution < 1.29 is 9.59 Å². The number of thiazole rings is 2. The minimum Gasteiger partial charge on any atom is -0.330 e. The van der Waals surface area contributed by atoms with E-state index in [1.54, 1.807) is 23.1 Å². The zero-order valence-electron chi connectivity index (χ0n) is 12.8. The van der Waals surface area contributed by atoms with Crippen molar-refractivity contribution in [1.29, 1.82) is 0 Å². The monoisotopic (exact) mass is 389 g/mol. The van der Waals surface area contributed by atoms with Crippen LogP contribution in [0.3, 0.4) is 0 Å². The molecule has 0 saturated heterocycles. The van der Waals surface area contributed by atoms with Crippen LogP contribution in [0.15, 0.2) is 0 Å². The minimum atomic E-state index is -0.546. The molecule has 7 nitrogen and oxygen atoms in total. The molecule has 2 rings (SSSR count). The lowest BCUT2D eigenvalue weighted by atomic mass is 10.4. The second-order valence-corrected chi connectivity index (χ2v) is 8.00. The van der Waals surface area contributed by atoms with Gasteiger partial charge in [-0.25, -0.2) is 10.2 Å². The van der Waals surface area contributed by atoms with Gasteiger partial charge < -0.3 is 9.13 Å². The minimum absolute atomic E-state index is 0.410. The van der Waals surface area contributed by atoms with Crippen LogP contribution in [-0.2, 0) is 14.1 Å². The Balaban J connectivity index is 2.00. The maximum atomic E-state index is 12.1. The highest BCUT2D eigenvalue weighted by Gasteiger charge is 2.16. The van der Waals surface area contributed by atoms with Crippen molar-refractivity contribution in [2.75, 3.05) is 5.32 Å². The maximum absolute atomic E-state index is 12.1. The van der Waals surface area contributed by atoms with Gasteiger partial charge in [-0.15, -0.1) is 0 Å². The number of rotatable bonds is 2. The van der Waals surface area contributed by atoms with Gasteiger partial charge in [-0.1, -0.05) is 22.7 Å². The summed E-state index contributed by atoms with van der Waals surface area (Å²) in [5.41, 5.74) is 6.27. The summed E-state index contributed by atoms with van der Waals surface area (Å²) in [5.74, 6) is -0.410. The van der Waals surface area contributed by atoms with Gasteiger partial charge in [-0.3, -0.25) is 15.5 Å². The molecule has 0 aliphatic rings. The normalized spacial score (nSPS) is 10.4. The van der Waals surface area contributed by atoms with Crippen LogP contribution >= 0.6 is 47.1 Å². The number of carbonyl (C=O) groups excluding carboxylic acids is 2. The van der Waals surface area contributed by atoms with Crippen molar-refractivity contribution in [3.8, 4) is 0 Å². The highest BCUT2D eigenvalue weighted by atomic mass is 32.2. The fourth-order valence-electron chi connectivity index (χ4n) is 1.67. The molecule has 0 aromatic carbocycles. The van der Waals surface area contributed by atoms with E-state index in [4.69, 9.17) is 24.4 Å². The highest BCUT2D eigenvalue weighted by Crippen LogP contribution is 2.23. The highest BCUT2D eigenvalue weighted by molar-refractivity contribution is 7.73. The molecule has 0 aliphatic carbocycles. The molecule has 0 saturated carbocycles. The quantitative estimate of drug-likeness (QED) is 0.545. The Hall–Kier alpha value is -1.56. The first-order valence-electron chi connectivity index (χ1n) is 6.42. The van der Waals surface area contributed by atoms with Gasteiger partial charge >= 0.3 is 6.03 Å².